The summed E-state index contributed by atoms with van der Waals surface area (Å²) in [5.41, 5.74) is 9.17. The highest BCUT2D eigenvalue weighted by molar-refractivity contribution is 5.55. The molecule has 0 fully saturated rings. The van der Waals surface area contributed by atoms with E-state index in [1.807, 2.05) is 13.8 Å². The number of aromatic nitrogens is 2. The first-order chi connectivity index (χ1) is 6.59. The fraction of sp³-hybridized carbons (Fsp3) is 0.364. The molecule has 14 heavy (non-hydrogen) atoms. The first-order valence-electron chi connectivity index (χ1n) is 4.80. The largest absolute Gasteiger partial charge is 0.323 e. The summed E-state index contributed by atoms with van der Waals surface area (Å²) < 4.78 is 2.09. The maximum absolute atomic E-state index is 5.86. The number of aryl methyl sites for hydroxylation is 2. The minimum atomic E-state index is -0.0126. The van der Waals surface area contributed by atoms with Crippen molar-refractivity contribution in [3.63, 3.8) is 0 Å². The highest BCUT2D eigenvalue weighted by Crippen LogP contribution is 2.18. The molecule has 0 radical (unpaired) electrons. The zero-order valence-corrected chi connectivity index (χ0v) is 8.78. The van der Waals surface area contributed by atoms with Gasteiger partial charge in [-0.15, -0.1) is 0 Å². The van der Waals surface area contributed by atoms with Gasteiger partial charge in [0.05, 0.1) is 11.2 Å². The highest BCUT2D eigenvalue weighted by Gasteiger charge is 2.10. The number of fused-ring (bicyclic) bond motifs is 1. The second-order valence-corrected chi connectivity index (χ2v) is 3.79. The van der Waals surface area contributed by atoms with Crippen LogP contribution in [0.5, 0.6) is 0 Å². The zero-order valence-electron chi connectivity index (χ0n) is 8.78. The average Bonchev–Trinajstić information content (AvgIpc) is 2.44. The monoisotopic (exact) mass is 189 g/mol. The lowest BCUT2D eigenvalue weighted by Crippen LogP contribution is -2.05. The SMILES string of the molecule is Cc1ccc2c(C(C)N)nc(C)n2c1. The summed E-state index contributed by atoms with van der Waals surface area (Å²) in [5.74, 6) is 0.996. The summed E-state index contributed by atoms with van der Waals surface area (Å²) in [6.07, 6.45) is 2.09. The van der Waals surface area contributed by atoms with Crippen molar-refractivity contribution in [1.29, 1.82) is 0 Å². The van der Waals surface area contributed by atoms with Crippen LogP contribution in [0.4, 0.5) is 0 Å². The molecule has 0 saturated carbocycles. The van der Waals surface area contributed by atoms with Crippen LogP contribution < -0.4 is 5.73 Å². The molecule has 0 aliphatic carbocycles. The van der Waals surface area contributed by atoms with Gasteiger partial charge in [0.25, 0.3) is 0 Å². The third kappa shape index (κ3) is 1.30. The van der Waals surface area contributed by atoms with E-state index in [1.54, 1.807) is 0 Å². The maximum Gasteiger partial charge on any atom is 0.110 e. The van der Waals surface area contributed by atoms with Crippen molar-refractivity contribution in [2.24, 2.45) is 5.73 Å². The molecule has 0 aliphatic rings. The smallest absolute Gasteiger partial charge is 0.110 e. The molecule has 2 N–H and O–H groups in total. The molecule has 1 atom stereocenters. The Balaban J connectivity index is 2.77. The molecule has 1 unspecified atom stereocenters. The van der Waals surface area contributed by atoms with E-state index in [2.05, 4.69) is 34.6 Å². The second-order valence-electron chi connectivity index (χ2n) is 3.79. The van der Waals surface area contributed by atoms with Crippen LogP contribution in [-0.4, -0.2) is 9.38 Å². The van der Waals surface area contributed by atoms with Crippen molar-refractivity contribution in [2.75, 3.05) is 0 Å². The molecule has 2 heterocycles. The van der Waals surface area contributed by atoms with E-state index in [4.69, 9.17) is 5.73 Å². The number of rotatable bonds is 1. The number of hydrogen-bond donors (Lipinski definition) is 1. The summed E-state index contributed by atoms with van der Waals surface area (Å²) in [6.45, 7) is 6.03. The first kappa shape index (κ1) is 9.21. The van der Waals surface area contributed by atoms with Crippen molar-refractivity contribution in [1.82, 2.24) is 9.38 Å². The average molecular weight is 189 g/mol. The summed E-state index contributed by atoms with van der Waals surface area (Å²) >= 11 is 0. The van der Waals surface area contributed by atoms with Gasteiger partial charge >= 0.3 is 0 Å². The van der Waals surface area contributed by atoms with Gasteiger partial charge in [-0.25, -0.2) is 4.98 Å². The van der Waals surface area contributed by atoms with Crippen molar-refractivity contribution in [3.05, 3.63) is 35.4 Å². The lowest BCUT2D eigenvalue weighted by atomic mass is 10.2. The topological polar surface area (TPSA) is 43.3 Å². The maximum atomic E-state index is 5.86. The van der Waals surface area contributed by atoms with Crippen LogP contribution in [0.25, 0.3) is 5.52 Å². The fourth-order valence-electron chi connectivity index (χ4n) is 1.70. The molecule has 0 aromatic carbocycles. The number of nitrogens with zero attached hydrogens (tertiary/aromatic N) is 2. The minimum Gasteiger partial charge on any atom is -0.323 e. The Morgan fingerprint density at radius 1 is 1.36 bits per heavy atom. The highest BCUT2D eigenvalue weighted by atomic mass is 15.0. The van der Waals surface area contributed by atoms with E-state index in [-0.39, 0.29) is 6.04 Å². The molecule has 2 aromatic rings. The van der Waals surface area contributed by atoms with Crippen LogP contribution in [-0.2, 0) is 0 Å². The van der Waals surface area contributed by atoms with Gasteiger partial charge in [0, 0.05) is 12.2 Å². The van der Waals surface area contributed by atoms with E-state index in [0.29, 0.717) is 0 Å². The molecule has 0 saturated heterocycles. The zero-order chi connectivity index (χ0) is 10.3. The van der Waals surface area contributed by atoms with Gasteiger partial charge in [-0.2, -0.15) is 0 Å². The standard InChI is InChI=1S/C11H15N3/c1-7-4-5-10-11(8(2)12)13-9(3)14(10)6-7/h4-6,8H,12H2,1-3H3. The molecular formula is C11H15N3. The van der Waals surface area contributed by atoms with E-state index >= 15 is 0 Å². The van der Waals surface area contributed by atoms with E-state index in [1.165, 1.54) is 5.56 Å². The van der Waals surface area contributed by atoms with Crippen LogP contribution in [0.3, 0.4) is 0 Å². The number of hydrogen-bond acceptors (Lipinski definition) is 2. The normalized spacial score (nSPS) is 13.4. The molecule has 74 valence electrons. The van der Waals surface area contributed by atoms with E-state index in [0.717, 1.165) is 17.0 Å². The van der Waals surface area contributed by atoms with Gasteiger partial charge in [0.1, 0.15) is 5.82 Å². The van der Waals surface area contributed by atoms with Crippen LogP contribution in [0, 0.1) is 13.8 Å². The van der Waals surface area contributed by atoms with Gasteiger partial charge in [-0.3, -0.25) is 0 Å². The molecule has 2 aromatic heterocycles. The van der Waals surface area contributed by atoms with Gasteiger partial charge in [0.2, 0.25) is 0 Å². The summed E-state index contributed by atoms with van der Waals surface area (Å²) in [5, 5.41) is 0. The molecule has 0 bridgehead atoms. The molecular weight excluding hydrogens is 174 g/mol. The van der Waals surface area contributed by atoms with Gasteiger partial charge in [0.15, 0.2) is 0 Å². The molecule has 0 spiro atoms. The van der Waals surface area contributed by atoms with Gasteiger partial charge < -0.3 is 10.1 Å². The minimum absolute atomic E-state index is 0.0126. The lowest BCUT2D eigenvalue weighted by molar-refractivity contribution is 0.793. The van der Waals surface area contributed by atoms with Crippen LogP contribution in [0.15, 0.2) is 18.3 Å². The third-order valence-electron chi connectivity index (χ3n) is 2.42. The Kier molecular flexibility index (Phi) is 2.04. The van der Waals surface area contributed by atoms with E-state index in [9.17, 15) is 0 Å². The quantitative estimate of drug-likeness (QED) is 0.745. The Labute approximate surface area is 83.6 Å². The van der Waals surface area contributed by atoms with Crippen molar-refractivity contribution < 1.29 is 0 Å². The lowest BCUT2D eigenvalue weighted by Gasteiger charge is -2.02. The second kappa shape index (κ2) is 3.10. The van der Waals surface area contributed by atoms with E-state index < -0.39 is 0 Å². The van der Waals surface area contributed by atoms with Crippen LogP contribution in [0.1, 0.15) is 30.0 Å². The predicted octanol–water partition coefficient (Wildman–Crippen LogP) is 1.97. The molecule has 0 aliphatic heterocycles. The Bertz CT molecular complexity index is 469. The van der Waals surface area contributed by atoms with Gasteiger partial charge in [-0.05, 0) is 32.4 Å². The third-order valence-corrected chi connectivity index (χ3v) is 2.42. The number of pyridine rings is 1. The van der Waals surface area contributed by atoms with Crippen molar-refractivity contribution in [2.45, 2.75) is 26.8 Å². The molecule has 3 heteroatoms. The van der Waals surface area contributed by atoms with Gasteiger partial charge in [-0.1, -0.05) is 6.07 Å². The predicted molar refractivity (Wildman–Crippen MR) is 57.3 cm³/mol. The van der Waals surface area contributed by atoms with Crippen molar-refractivity contribution in [3.8, 4) is 0 Å². The van der Waals surface area contributed by atoms with Crippen molar-refractivity contribution >= 4 is 5.52 Å². The Morgan fingerprint density at radius 2 is 2.07 bits per heavy atom. The fourth-order valence-corrected chi connectivity index (χ4v) is 1.70. The molecule has 0 amide bonds. The Hall–Kier alpha value is -1.35. The van der Waals surface area contributed by atoms with Crippen LogP contribution >= 0.6 is 0 Å². The number of imidazole rings is 1. The Morgan fingerprint density at radius 3 is 2.71 bits per heavy atom. The molecule has 2 rings (SSSR count). The summed E-state index contributed by atoms with van der Waals surface area (Å²) in [6, 6.07) is 4.15. The molecule has 3 nitrogen and oxygen atoms in total. The number of nitrogens with two attached hydrogens (primary N) is 1. The first-order valence-corrected chi connectivity index (χ1v) is 4.80. The summed E-state index contributed by atoms with van der Waals surface area (Å²) in [4.78, 5) is 4.47. The van der Waals surface area contributed by atoms with Crippen LogP contribution in [0.2, 0.25) is 0 Å². The summed E-state index contributed by atoms with van der Waals surface area (Å²) in [7, 11) is 0.